The van der Waals surface area contributed by atoms with Gasteiger partial charge < -0.3 is 5.73 Å². The van der Waals surface area contributed by atoms with Gasteiger partial charge in [0.2, 0.25) is 5.91 Å². The molecule has 16 heavy (non-hydrogen) atoms. The fourth-order valence-corrected chi connectivity index (χ4v) is 1.68. The fraction of sp³-hybridized carbons (Fsp3) is 0.400. The van der Waals surface area contributed by atoms with Crippen molar-refractivity contribution < 1.29 is 4.79 Å². The maximum atomic E-state index is 11.6. The first-order valence-electron chi connectivity index (χ1n) is 4.97. The third kappa shape index (κ3) is 1.85. The van der Waals surface area contributed by atoms with Crippen molar-refractivity contribution in [1.82, 2.24) is 9.97 Å². The Hall–Kier alpha value is -2.00. The molecule has 2 N–H and O–H groups in total. The van der Waals surface area contributed by atoms with E-state index in [4.69, 9.17) is 11.0 Å². The van der Waals surface area contributed by atoms with E-state index >= 15 is 0 Å². The number of anilines is 1. The van der Waals surface area contributed by atoms with E-state index in [-0.39, 0.29) is 17.5 Å². The highest BCUT2D eigenvalue weighted by Gasteiger charge is 2.30. The van der Waals surface area contributed by atoms with Crippen LogP contribution in [-0.4, -0.2) is 29.0 Å². The molecule has 1 aliphatic heterocycles. The number of amides is 1. The van der Waals surface area contributed by atoms with Crippen molar-refractivity contribution in [3.63, 3.8) is 0 Å². The van der Waals surface area contributed by atoms with Crippen molar-refractivity contribution in [1.29, 1.82) is 5.26 Å². The average molecular weight is 217 g/mol. The molecule has 1 aromatic rings. The van der Waals surface area contributed by atoms with Crippen molar-refractivity contribution in [2.45, 2.75) is 6.42 Å². The number of nitrogens with two attached hydrogens (primary N) is 1. The Kier molecular flexibility index (Phi) is 2.79. The number of carbonyl (C=O) groups excluding carboxylic acids is 1. The SMILES string of the molecule is N#Cc1cnc(N2CC(CN)CC2=O)cn1. The maximum Gasteiger partial charge on any atom is 0.228 e. The summed E-state index contributed by atoms with van der Waals surface area (Å²) >= 11 is 0. The summed E-state index contributed by atoms with van der Waals surface area (Å²) in [6.07, 6.45) is 3.26. The minimum Gasteiger partial charge on any atom is -0.330 e. The third-order valence-corrected chi connectivity index (χ3v) is 2.57. The molecule has 6 heteroatoms. The summed E-state index contributed by atoms with van der Waals surface area (Å²) in [7, 11) is 0. The Morgan fingerprint density at radius 3 is 2.88 bits per heavy atom. The van der Waals surface area contributed by atoms with Gasteiger partial charge in [0.15, 0.2) is 11.5 Å². The van der Waals surface area contributed by atoms with Crippen LogP contribution in [0.15, 0.2) is 12.4 Å². The van der Waals surface area contributed by atoms with Crippen LogP contribution in [0.3, 0.4) is 0 Å². The zero-order valence-corrected chi connectivity index (χ0v) is 8.63. The van der Waals surface area contributed by atoms with E-state index < -0.39 is 0 Å². The number of nitrogens with zero attached hydrogens (tertiary/aromatic N) is 4. The Morgan fingerprint density at radius 2 is 2.38 bits per heavy atom. The number of hydrogen-bond donors (Lipinski definition) is 1. The Morgan fingerprint density at radius 1 is 1.56 bits per heavy atom. The molecule has 2 heterocycles. The van der Waals surface area contributed by atoms with Crippen molar-refractivity contribution in [3.8, 4) is 6.07 Å². The first kappa shape index (κ1) is 10.5. The molecule has 1 fully saturated rings. The van der Waals surface area contributed by atoms with Crippen LogP contribution in [0.4, 0.5) is 5.82 Å². The zero-order chi connectivity index (χ0) is 11.5. The van der Waals surface area contributed by atoms with Gasteiger partial charge in [0.1, 0.15) is 6.07 Å². The van der Waals surface area contributed by atoms with Crippen LogP contribution in [-0.2, 0) is 4.79 Å². The van der Waals surface area contributed by atoms with Gasteiger partial charge in [0, 0.05) is 13.0 Å². The van der Waals surface area contributed by atoms with Gasteiger partial charge >= 0.3 is 0 Å². The maximum absolute atomic E-state index is 11.6. The molecule has 0 aliphatic carbocycles. The molecule has 1 saturated heterocycles. The normalized spacial score (nSPS) is 19.9. The number of carbonyl (C=O) groups is 1. The van der Waals surface area contributed by atoms with E-state index in [9.17, 15) is 4.79 Å². The molecule has 0 bridgehead atoms. The summed E-state index contributed by atoms with van der Waals surface area (Å²) in [5.74, 6) is 0.680. The molecule has 1 aliphatic rings. The van der Waals surface area contributed by atoms with E-state index in [0.717, 1.165) is 0 Å². The molecule has 1 atom stereocenters. The minimum atomic E-state index is 0.00876. The lowest BCUT2D eigenvalue weighted by atomic mass is 10.1. The molecular weight excluding hydrogens is 206 g/mol. The van der Waals surface area contributed by atoms with Gasteiger partial charge in [0.05, 0.1) is 12.4 Å². The smallest absolute Gasteiger partial charge is 0.228 e. The number of aromatic nitrogens is 2. The van der Waals surface area contributed by atoms with Gasteiger partial charge in [-0.3, -0.25) is 9.69 Å². The second kappa shape index (κ2) is 4.24. The first-order valence-corrected chi connectivity index (χ1v) is 4.97. The van der Waals surface area contributed by atoms with Crippen molar-refractivity contribution >= 4 is 11.7 Å². The highest BCUT2D eigenvalue weighted by atomic mass is 16.2. The van der Waals surface area contributed by atoms with Crippen LogP contribution in [0.2, 0.25) is 0 Å². The molecule has 2 rings (SSSR count). The summed E-state index contributed by atoms with van der Waals surface area (Å²) in [5, 5.41) is 8.58. The Balaban J connectivity index is 2.19. The van der Waals surface area contributed by atoms with Crippen LogP contribution < -0.4 is 10.6 Å². The summed E-state index contributed by atoms with van der Waals surface area (Å²) < 4.78 is 0. The topological polar surface area (TPSA) is 95.9 Å². The van der Waals surface area contributed by atoms with Crippen molar-refractivity contribution in [2.75, 3.05) is 18.0 Å². The lowest BCUT2D eigenvalue weighted by Gasteiger charge is -2.14. The van der Waals surface area contributed by atoms with E-state index in [0.29, 0.717) is 25.3 Å². The van der Waals surface area contributed by atoms with Gasteiger partial charge in [-0.2, -0.15) is 5.26 Å². The van der Waals surface area contributed by atoms with Crippen LogP contribution in [0, 0.1) is 17.2 Å². The van der Waals surface area contributed by atoms with E-state index in [1.165, 1.54) is 12.4 Å². The number of nitriles is 1. The van der Waals surface area contributed by atoms with E-state index in [1.807, 2.05) is 6.07 Å². The summed E-state index contributed by atoms with van der Waals surface area (Å²) in [6.45, 7) is 1.07. The van der Waals surface area contributed by atoms with E-state index in [2.05, 4.69) is 9.97 Å². The molecule has 1 amide bonds. The predicted molar refractivity (Wildman–Crippen MR) is 56.3 cm³/mol. The molecule has 82 valence electrons. The molecule has 6 nitrogen and oxygen atoms in total. The van der Waals surface area contributed by atoms with Gasteiger partial charge in [-0.05, 0) is 12.5 Å². The molecule has 0 saturated carbocycles. The summed E-state index contributed by atoms with van der Waals surface area (Å²) in [5.41, 5.74) is 5.77. The molecule has 0 radical (unpaired) electrons. The highest BCUT2D eigenvalue weighted by molar-refractivity contribution is 5.94. The largest absolute Gasteiger partial charge is 0.330 e. The standard InChI is InChI=1S/C10H11N5O/c11-2-7-1-10(16)15(6-7)9-5-13-8(3-12)4-14-9/h4-5,7H,1-2,6,11H2. The third-order valence-electron chi connectivity index (χ3n) is 2.57. The Labute approximate surface area is 92.7 Å². The molecule has 0 spiro atoms. The summed E-state index contributed by atoms with van der Waals surface area (Å²) in [6, 6.07) is 1.88. The van der Waals surface area contributed by atoms with Crippen LogP contribution in [0.5, 0.6) is 0 Å². The summed E-state index contributed by atoms with van der Waals surface area (Å²) in [4.78, 5) is 21.1. The first-order chi connectivity index (χ1) is 7.74. The monoisotopic (exact) mass is 217 g/mol. The molecule has 1 aromatic heterocycles. The zero-order valence-electron chi connectivity index (χ0n) is 8.63. The lowest BCUT2D eigenvalue weighted by Crippen LogP contribution is -2.26. The minimum absolute atomic E-state index is 0.00876. The average Bonchev–Trinajstić information content (AvgIpc) is 2.71. The lowest BCUT2D eigenvalue weighted by molar-refractivity contribution is -0.117. The van der Waals surface area contributed by atoms with Gasteiger partial charge in [-0.25, -0.2) is 9.97 Å². The van der Waals surface area contributed by atoms with Crippen molar-refractivity contribution in [2.24, 2.45) is 11.7 Å². The quantitative estimate of drug-likeness (QED) is 0.731. The number of hydrogen-bond acceptors (Lipinski definition) is 5. The molecular formula is C10H11N5O. The molecule has 1 unspecified atom stereocenters. The van der Waals surface area contributed by atoms with Gasteiger partial charge in [0.25, 0.3) is 0 Å². The second-order valence-corrected chi connectivity index (χ2v) is 3.68. The van der Waals surface area contributed by atoms with Gasteiger partial charge in [-0.15, -0.1) is 0 Å². The van der Waals surface area contributed by atoms with Crippen LogP contribution in [0.1, 0.15) is 12.1 Å². The predicted octanol–water partition coefficient (Wildman–Crippen LogP) is -0.340. The Bertz CT molecular complexity index is 436. The number of rotatable bonds is 2. The fourth-order valence-electron chi connectivity index (χ4n) is 1.68. The van der Waals surface area contributed by atoms with Crippen molar-refractivity contribution in [3.05, 3.63) is 18.1 Å². The highest BCUT2D eigenvalue weighted by Crippen LogP contribution is 2.21. The van der Waals surface area contributed by atoms with Gasteiger partial charge in [-0.1, -0.05) is 0 Å². The second-order valence-electron chi connectivity index (χ2n) is 3.68. The van der Waals surface area contributed by atoms with Crippen LogP contribution in [0.25, 0.3) is 0 Å². The van der Waals surface area contributed by atoms with Crippen LogP contribution >= 0.6 is 0 Å². The van der Waals surface area contributed by atoms with E-state index in [1.54, 1.807) is 4.90 Å². The molecule has 0 aromatic carbocycles.